The summed E-state index contributed by atoms with van der Waals surface area (Å²) in [7, 11) is 2.05. The Labute approximate surface area is 298 Å². The lowest BCUT2D eigenvalue weighted by molar-refractivity contribution is -0.114. The van der Waals surface area contributed by atoms with Gasteiger partial charge in [0.15, 0.2) is 0 Å². The van der Waals surface area contributed by atoms with Crippen molar-refractivity contribution in [3.05, 3.63) is 84.3 Å². The lowest BCUT2D eigenvalue weighted by Gasteiger charge is -2.35. The molecule has 0 atom stereocenters. The number of hydrogen-bond acceptors (Lipinski definition) is 8. The molecule has 3 aromatic heterocycles. The second kappa shape index (κ2) is 14.8. The first-order chi connectivity index (χ1) is 25.0. The van der Waals surface area contributed by atoms with Crippen molar-refractivity contribution in [1.29, 1.82) is 0 Å². The van der Waals surface area contributed by atoms with Crippen LogP contribution in [-0.4, -0.2) is 87.2 Å². The number of piperidine rings is 1. The summed E-state index contributed by atoms with van der Waals surface area (Å²) < 4.78 is 48.8. The second-order valence-corrected chi connectivity index (χ2v) is 13.6. The van der Waals surface area contributed by atoms with Crippen molar-refractivity contribution in [2.24, 2.45) is 7.05 Å². The lowest BCUT2D eigenvalue weighted by atomic mass is 9.92. The highest BCUT2D eigenvalue weighted by molar-refractivity contribution is 6.08. The number of pyridine rings is 2. The molecular formula is C39H40F2N4O7. The fourth-order valence-electron chi connectivity index (χ4n) is 7.04. The third kappa shape index (κ3) is 7.70. The number of carboxylic acids is 2. The van der Waals surface area contributed by atoms with Gasteiger partial charge in [0, 0.05) is 98.2 Å². The van der Waals surface area contributed by atoms with Crippen LogP contribution in [0.2, 0.25) is 0 Å². The first-order valence-corrected chi connectivity index (χ1v) is 17.5. The van der Waals surface area contributed by atoms with E-state index in [1.807, 2.05) is 35.5 Å². The van der Waals surface area contributed by atoms with E-state index in [0.717, 1.165) is 32.9 Å². The maximum atomic E-state index is 14.6. The quantitative estimate of drug-likeness (QED) is 0.114. The number of carbonyl (C=O) groups is 2. The minimum Gasteiger partial charge on any atom is -0.478 e. The molecule has 2 aromatic carbocycles. The van der Waals surface area contributed by atoms with E-state index in [1.165, 1.54) is 12.1 Å². The van der Waals surface area contributed by atoms with Crippen LogP contribution in [0.25, 0.3) is 32.9 Å². The molecule has 2 fully saturated rings. The van der Waals surface area contributed by atoms with Crippen LogP contribution in [0.3, 0.4) is 0 Å². The molecule has 1 saturated carbocycles. The molecule has 11 nitrogen and oxygen atoms in total. The van der Waals surface area contributed by atoms with Gasteiger partial charge in [-0.2, -0.15) is 0 Å². The van der Waals surface area contributed by atoms with Crippen LogP contribution in [0.1, 0.15) is 59.2 Å². The third-order valence-electron chi connectivity index (χ3n) is 10.1. The number of benzene rings is 2. The van der Waals surface area contributed by atoms with Gasteiger partial charge in [-0.1, -0.05) is 12.1 Å². The van der Waals surface area contributed by atoms with E-state index >= 15 is 0 Å². The van der Waals surface area contributed by atoms with E-state index in [1.54, 1.807) is 12.3 Å². The normalized spacial score (nSPS) is 18.1. The van der Waals surface area contributed by atoms with Gasteiger partial charge in [-0.3, -0.25) is 4.98 Å². The van der Waals surface area contributed by atoms with Crippen molar-refractivity contribution in [3.8, 4) is 17.0 Å². The van der Waals surface area contributed by atoms with Crippen molar-refractivity contribution in [2.75, 3.05) is 31.2 Å². The molecule has 13 heteroatoms. The van der Waals surface area contributed by atoms with Crippen molar-refractivity contribution in [3.63, 3.8) is 0 Å². The molecule has 1 saturated heterocycles. The minimum absolute atomic E-state index is 0.0334. The Kier molecular flexibility index (Phi) is 10.1. The van der Waals surface area contributed by atoms with E-state index in [-0.39, 0.29) is 48.9 Å². The van der Waals surface area contributed by atoms with Crippen molar-refractivity contribution in [2.45, 2.75) is 62.8 Å². The zero-order valence-electron chi connectivity index (χ0n) is 28.7. The van der Waals surface area contributed by atoms with Gasteiger partial charge in [0.1, 0.15) is 12.7 Å². The minimum atomic E-state index is -2.98. The van der Waals surface area contributed by atoms with Gasteiger partial charge in [-0.15, -0.1) is 0 Å². The van der Waals surface area contributed by atoms with E-state index < -0.39 is 24.5 Å². The molecule has 4 heterocycles. The van der Waals surface area contributed by atoms with Crippen molar-refractivity contribution in [1.82, 2.24) is 14.5 Å². The van der Waals surface area contributed by atoms with Gasteiger partial charge in [0.2, 0.25) is 5.88 Å². The van der Waals surface area contributed by atoms with E-state index in [0.29, 0.717) is 50.3 Å². The summed E-state index contributed by atoms with van der Waals surface area (Å²) in [5.74, 6) is -5.08. The van der Waals surface area contributed by atoms with Crippen LogP contribution >= 0.6 is 0 Å². The van der Waals surface area contributed by atoms with Gasteiger partial charge >= 0.3 is 11.9 Å². The molecule has 0 amide bonds. The number of halogens is 2. The third-order valence-corrected chi connectivity index (χ3v) is 10.1. The Morgan fingerprint density at radius 2 is 1.62 bits per heavy atom. The monoisotopic (exact) mass is 714 g/mol. The van der Waals surface area contributed by atoms with Crippen LogP contribution in [0.5, 0.6) is 5.88 Å². The van der Waals surface area contributed by atoms with Crippen LogP contribution in [0.15, 0.2) is 73.2 Å². The molecule has 0 unspecified atom stereocenters. The van der Waals surface area contributed by atoms with Crippen LogP contribution in [0.4, 0.5) is 14.5 Å². The second-order valence-electron chi connectivity index (χ2n) is 13.6. The number of rotatable bonds is 14. The zero-order valence-corrected chi connectivity index (χ0v) is 28.7. The molecule has 1 aliphatic carbocycles. The number of aryl methyl sites for hydroxylation is 1. The largest absolute Gasteiger partial charge is 0.478 e. The number of nitrogens with zero attached hydrogens (tertiary/aromatic N) is 4. The summed E-state index contributed by atoms with van der Waals surface area (Å²) in [5.41, 5.74) is 4.30. The fourth-order valence-corrected chi connectivity index (χ4v) is 7.04. The van der Waals surface area contributed by atoms with Crippen LogP contribution < -0.4 is 9.64 Å². The highest BCUT2D eigenvalue weighted by Gasteiger charge is 2.34. The number of anilines is 1. The molecule has 1 aliphatic heterocycles. The first kappa shape index (κ1) is 35.3. The average Bonchev–Trinajstić information content (AvgIpc) is 3.42. The lowest BCUT2D eigenvalue weighted by Crippen LogP contribution is -2.40. The molecule has 272 valence electrons. The van der Waals surface area contributed by atoms with Gasteiger partial charge in [-0.25, -0.2) is 23.4 Å². The van der Waals surface area contributed by atoms with E-state index in [4.69, 9.17) is 14.2 Å². The van der Waals surface area contributed by atoms with Crippen molar-refractivity contribution < 1.29 is 42.8 Å². The van der Waals surface area contributed by atoms with Gasteiger partial charge < -0.3 is 33.9 Å². The topological polar surface area (TPSA) is 136 Å². The van der Waals surface area contributed by atoms with Crippen LogP contribution in [0, 0.1) is 0 Å². The average molecular weight is 715 g/mol. The highest BCUT2D eigenvalue weighted by atomic mass is 19.3. The standard InChI is InChI=1S/C39H40F2N4O7/c1-44-34-9-13-42-22-33(34)30-6-3-24(17-35(30)44)25-4-8-36(43-21-25)52-29-19-28(20-29)50-16-2-12-39(40,41)23-51-27-10-14-45(15-11-27)26-5-7-31(37(46)47)32(18-26)38(48)49/h3-9,13,17-18,21-22,27-29H,2,10-12,14-16,19-20,23H2,1H3,(H,46,47)(H,48,49)/t28-,29-. The number of fused-ring (bicyclic) bond motifs is 3. The Morgan fingerprint density at radius 3 is 2.35 bits per heavy atom. The van der Waals surface area contributed by atoms with E-state index in [2.05, 4.69) is 39.8 Å². The number of hydrogen-bond donors (Lipinski definition) is 2. The Bertz CT molecular complexity index is 2070. The predicted octanol–water partition coefficient (Wildman–Crippen LogP) is 7.21. The molecule has 52 heavy (non-hydrogen) atoms. The number of ether oxygens (including phenoxy) is 3. The Hall–Kier alpha value is -5.14. The predicted molar refractivity (Wildman–Crippen MR) is 191 cm³/mol. The Balaban J connectivity index is 0.789. The Morgan fingerprint density at radius 1 is 0.846 bits per heavy atom. The summed E-state index contributed by atoms with van der Waals surface area (Å²) in [6, 6.07) is 16.4. The smallest absolute Gasteiger partial charge is 0.336 e. The molecule has 2 N–H and O–H groups in total. The molecular weight excluding hydrogens is 674 g/mol. The molecule has 0 bridgehead atoms. The van der Waals surface area contributed by atoms with Crippen molar-refractivity contribution >= 4 is 39.4 Å². The fraction of sp³-hybridized carbons (Fsp3) is 0.385. The molecule has 0 spiro atoms. The van der Waals surface area contributed by atoms with Gasteiger partial charge in [-0.05, 0) is 61.2 Å². The molecule has 7 rings (SSSR count). The van der Waals surface area contributed by atoms with Gasteiger partial charge in [0.05, 0.1) is 28.9 Å². The maximum absolute atomic E-state index is 14.6. The molecule has 2 aliphatic rings. The summed E-state index contributed by atoms with van der Waals surface area (Å²) >= 11 is 0. The van der Waals surface area contributed by atoms with Gasteiger partial charge in [0.25, 0.3) is 5.92 Å². The number of aromatic nitrogens is 3. The maximum Gasteiger partial charge on any atom is 0.336 e. The summed E-state index contributed by atoms with van der Waals surface area (Å²) in [4.78, 5) is 33.5. The summed E-state index contributed by atoms with van der Waals surface area (Å²) in [5, 5.41) is 20.9. The number of aromatic carboxylic acids is 2. The van der Waals surface area contributed by atoms with E-state index in [9.17, 15) is 28.6 Å². The highest BCUT2D eigenvalue weighted by Crippen LogP contribution is 2.33. The molecule has 0 radical (unpaired) electrons. The number of carboxylic acid groups (broad SMARTS) is 2. The summed E-state index contributed by atoms with van der Waals surface area (Å²) in [6.07, 6.45) is 7.30. The zero-order chi connectivity index (χ0) is 36.4. The SMILES string of the molecule is Cn1c2ccncc2c2ccc(-c3ccc(O[C@H]4C[C@H](OCCCC(F)(F)COC5CCN(c6ccc(C(=O)O)c(C(=O)O)c6)CC5)C4)nc3)cc21. The summed E-state index contributed by atoms with van der Waals surface area (Å²) in [6.45, 7) is 0.513. The molecule has 5 aromatic rings. The first-order valence-electron chi connectivity index (χ1n) is 17.5. The van der Waals surface area contributed by atoms with Crippen LogP contribution in [-0.2, 0) is 16.5 Å². The number of alkyl halides is 2.